The van der Waals surface area contributed by atoms with Crippen molar-refractivity contribution in [3.05, 3.63) is 0 Å². The van der Waals surface area contributed by atoms with Crippen molar-refractivity contribution in [2.24, 2.45) is 5.92 Å². The Hall–Kier alpha value is -0.0800. The van der Waals surface area contributed by atoms with Crippen LogP contribution in [0.5, 0.6) is 0 Å². The van der Waals surface area contributed by atoms with Crippen molar-refractivity contribution in [1.29, 1.82) is 0 Å². The van der Waals surface area contributed by atoms with Gasteiger partial charge in [-0.15, -0.1) is 0 Å². The summed E-state index contributed by atoms with van der Waals surface area (Å²) in [6, 6.07) is 1.35. The fraction of sp³-hybridized carbons (Fsp3) is 1.00. The topological polar surface area (TPSA) is 21.3 Å². The molecule has 18 heavy (non-hydrogen) atoms. The molecule has 0 aromatic carbocycles. The lowest BCUT2D eigenvalue weighted by Gasteiger charge is -2.39. The van der Waals surface area contributed by atoms with E-state index in [1.54, 1.807) is 0 Å². The zero-order valence-corrected chi connectivity index (χ0v) is 12.5. The third kappa shape index (κ3) is 3.96. The highest BCUT2D eigenvalue weighted by molar-refractivity contribution is 4.93. The molecule has 106 valence electrons. The maximum Gasteiger partial charge on any atom is 0.0697 e. The van der Waals surface area contributed by atoms with Crippen LogP contribution in [-0.2, 0) is 4.74 Å². The molecule has 0 aromatic heterocycles. The maximum atomic E-state index is 6.10. The van der Waals surface area contributed by atoms with Crippen molar-refractivity contribution in [1.82, 2.24) is 5.32 Å². The average Bonchev–Trinajstić information content (AvgIpc) is 2.75. The minimum Gasteiger partial charge on any atom is -0.375 e. The van der Waals surface area contributed by atoms with Gasteiger partial charge in [0.1, 0.15) is 0 Å². The van der Waals surface area contributed by atoms with Crippen molar-refractivity contribution in [3.63, 3.8) is 0 Å². The number of rotatable bonds is 5. The van der Waals surface area contributed by atoms with Crippen molar-refractivity contribution in [2.45, 2.75) is 89.8 Å². The molecule has 2 atom stereocenters. The van der Waals surface area contributed by atoms with Crippen LogP contribution in [0.15, 0.2) is 0 Å². The summed E-state index contributed by atoms with van der Waals surface area (Å²) in [6.45, 7) is 7.94. The van der Waals surface area contributed by atoms with Crippen molar-refractivity contribution in [3.8, 4) is 0 Å². The molecule has 2 aliphatic rings. The van der Waals surface area contributed by atoms with Gasteiger partial charge in [-0.1, -0.05) is 26.7 Å². The molecule has 0 radical (unpaired) electrons. The van der Waals surface area contributed by atoms with E-state index in [2.05, 4.69) is 26.1 Å². The van der Waals surface area contributed by atoms with E-state index in [9.17, 15) is 0 Å². The monoisotopic (exact) mass is 253 g/mol. The molecule has 2 nitrogen and oxygen atoms in total. The fourth-order valence-electron chi connectivity index (χ4n) is 3.61. The molecule has 2 unspecified atom stereocenters. The van der Waals surface area contributed by atoms with Crippen LogP contribution in [0, 0.1) is 5.92 Å². The third-order valence-electron chi connectivity index (χ3n) is 4.71. The molecule has 2 fully saturated rings. The van der Waals surface area contributed by atoms with Gasteiger partial charge in [0.25, 0.3) is 0 Å². The molecule has 1 N–H and O–H groups in total. The van der Waals surface area contributed by atoms with E-state index in [1.807, 2.05) is 0 Å². The minimum absolute atomic E-state index is 0.258. The van der Waals surface area contributed by atoms with Gasteiger partial charge in [0, 0.05) is 18.7 Å². The third-order valence-corrected chi connectivity index (χ3v) is 4.71. The molecule has 0 amide bonds. The number of nitrogens with one attached hydrogen (secondary N) is 1. The van der Waals surface area contributed by atoms with Gasteiger partial charge in [0.15, 0.2) is 0 Å². The maximum absolute atomic E-state index is 6.10. The van der Waals surface area contributed by atoms with E-state index in [1.165, 1.54) is 51.4 Å². The second-order valence-electron chi connectivity index (χ2n) is 6.97. The fourth-order valence-corrected chi connectivity index (χ4v) is 3.61. The first-order valence-electron chi connectivity index (χ1n) is 8.00. The summed E-state index contributed by atoms with van der Waals surface area (Å²) in [5.74, 6) is 0.824. The highest BCUT2D eigenvalue weighted by atomic mass is 16.5. The molecule has 1 aliphatic heterocycles. The lowest BCUT2D eigenvalue weighted by atomic mass is 9.88. The second kappa shape index (κ2) is 6.38. The summed E-state index contributed by atoms with van der Waals surface area (Å²) < 4.78 is 6.10. The normalized spacial score (nSPS) is 29.0. The van der Waals surface area contributed by atoms with Gasteiger partial charge >= 0.3 is 0 Å². The first-order chi connectivity index (χ1) is 8.60. The van der Waals surface area contributed by atoms with Gasteiger partial charge in [-0.05, 0) is 51.4 Å². The van der Waals surface area contributed by atoms with Gasteiger partial charge in [0.05, 0.1) is 5.60 Å². The van der Waals surface area contributed by atoms with Gasteiger partial charge in [0.2, 0.25) is 0 Å². The van der Waals surface area contributed by atoms with Gasteiger partial charge in [-0.3, -0.25) is 0 Å². The molecule has 1 heterocycles. The summed E-state index contributed by atoms with van der Waals surface area (Å²) in [4.78, 5) is 0. The van der Waals surface area contributed by atoms with Gasteiger partial charge in [-0.2, -0.15) is 0 Å². The standard InChI is InChI=1S/C16H31NO/c1-13(2)6-7-14(3)17-15-8-11-18-16(12-15)9-4-5-10-16/h13-15,17H,4-12H2,1-3H3. The van der Waals surface area contributed by atoms with Crippen LogP contribution < -0.4 is 5.32 Å². The first-order valence-corrected chi connectivity index (χ1v) is 8.00. The predicted octanol–water partition coefficient (Wildman–Crippen LogP) is 3.89. The van der Waals surface area contributed by atoms with E-state index >= 15 is 0 Å². The Morgan fingerprint density at radius 3 is 2.56 bits per heavy atom. The predicted molar refractivity (Wildman–Crippen MR) is 76.8 cm³/mol. The van der Waals surface area contributed by atoms with Gasteiger partial charge in [-0.25, -0.2) is 0 Å². The summed E-state index contributed by atoms with van der Waals surface area (Å²) >= 11 is 0. The Bertz CT molecular complexity index is 245. The lowest BCUT2D eigenvalue weighted by molar-refractivity contribution is -0.0846. The van der Waals surface area contributed by atoms with Crippen molar-refractivity contribution in [2.75, 3.05) is 6.61 Å². The Labute approximate surface area is 113 Å². The molecule has 1 saturated carbocycles. The molecule has 2 rings (SSSR count). The van der Waals surface area contributed by atoms with Crippen LogP contribution in [0.2, 0.25) is 0 Å². The molecule has 0 aromatic rings. The van der Waals surface area contributed by atoms with Crippen molar-refractivity contribution < 1.29 is 4.74 Å². The summed E-state index contributed by atoms with van der Waals surface area (Å²) in [7, 11) is 0. The molecule has 1 spiro atoms. The largest absolute Gasteiger partial charge is 0.375 e. The van der Waals surface area contributed by atoms with Gasteiger partial charge < -0.3 is 10.1 Å². The molecule has 1 aliphatic carbocycles. The number of hydrogen-bond donors (Lipinski definition) is 1. The number of ether oxygens (including phenoxy) is 1. The van der Waals surface area contributed by atoms with E-state index in [4.69, 9.17) is 4.74 Å². The highest BCUT2D eigenvalue weighted by Gasteiger charge is 2.39. The zero-order valence-electron chi connectivity index (χ0n) is 12.5. The molecular formula is C16H31NO. The van der Waals surface area contributed by atoms with E-state index in [0.29, 0.717) is 12.1 Å². The highest BCUT2D eigenvalue weighted by Crippen LogP contribution is 2.40. The minimum atomic E-state index is 0.258. The Kier molecular flexibility index (Phi) is 5.08. The molecule has 1 saturated heterocycles. The van der Waals surface area contributed by atoms with Crippen LogP contribution in [-0.4, -0.2) is 24.3 Å². The van der Waals surface area contributed by atoms with Crippen molar-refractivity contribution >= 4 is 0 Å². The Morgan fingerprint density at radius 1 is 1.17 bits per heavy atom. The van der Waals surface area contributed by atoms with Crippen LogP contribution in [0.25, 0.3) is 0 Å². The van der Waals surface area contributed by atoms with E-state index in [-0.39, 0.29) is 5.60 Å². The summed E-state index contributed by atoms with van der Waals surface area (Å²) in [5.41, 5.74) is 0.258. The molecule has 2 heteroatoms. The van der Waals surface area contributed by atoms with Crippen LogP contribution in [0.4, 0.5) is 0 Å². The molecular weight excluding hydrogens is 222 g/mol. The average molecular weight is 253 g/mol. The second-order valence-corrected chi connectivity index (χ2v) is 6.97. The smallest absolute Gasteiger partial charge is 0.0697 e. The van der Waals surface area contributed by atoms with Crippen LogP contribution in [0.3, 0.4) is 0 Å². The van der Waals surface area contributed by atoms with Crippen LogP contribution in [0.1, 0.15) is 72.1 Å². The molecule has 0 bridgehead atoms. The van der Waals surface area contributed by atoms with Crippen LogP contribution >= 0.6 is 0 Å². The summed E-state index contributed by atoms with van der Waals surface area (Å²) in [5, 5.41) is 3.85. The Morgan fingerprint density at radius 2 is 1.89 bits per heavy atom. The SMILES string of the molecule is CC(C)CCC(C)NC1CCOC2(CCCC2)C1. The van der Waals surface area contributed by atoms with E-state index in [0.717, 1.165) is 12.5 Å². The number of hydrogen-bond acceptors (Lipinski definition) is 2. The lowest BCUT2D eigenvalue weighted by Crippen LogP contribution is -2.48. The van der Waals surface area contributed by atoms with E-state index < -0.39 is 0 Å². The first kappa shape index (κ1) is 14.3. The summed E-state index contributed by atoms with van der Waals surface area (Å²) in [6.07, 6.45) is 10.4. The quantitative estimate of drug-likeness (QED) is 0.802. The zero-order chi connectivity index (χ0) is 13.0. The Balaban J connectivity index is 1.75.